The third-order valence-corrected chi connectivity index (χ3v) is 4.61. The highest BCUT2D eigenvalue weighted by molar-refractivity contribution is 6.77. The van der Waals surface area contributed by atoms with Crippen LogP contribution in [0.4, 0.5) is 0 Å². The zero-order valence-electron chi connectivity index (χ0n) is 9.04. The molecule has 13 heavy (non-hydrogen) atoms. The Morgan fingerprint density at radius 3 is 1.54 bits per heavy atom. The Bertz CT molecular complexity index is 156. The van der Waals surface area contributed by atoms with Gasteiger partial charge in [-0.25, -0.2) is 0 Å². The summed E-state index contributed by atoms with van der Waals surface area (Å²) in [5.74, 6) is 0. The predicted octanol–water partition coefficient (Wildman–Crippen LogP) is 2.73. The fourth-order valence-corrected chi connectivity index (χ4v) is 3.62. The summed E-state index contributed by atoms with van der Waals surface area (Å²) in [7, 11) is -2.16. The molecule has 0 radical (unpaired) electrons. The summed E-state index contributed by atoms with van der Waals surface area (Å²) < 4.78 is 11.4. The van der Waals surface area contributed by atoms with Crippen LogP contribution in [-0.2, 0) is 8.85 Å². The fraction of sp³-hybridized carbons (Fsp3) is 0.600. The lowest BCUT2D eigenvalue weighted by atomic mass is 10.8. The second-order valence-corrected chi connectivity index (χ2v) is 5.27. The van der Waals surface area contributed by atoms with E-state index in [1.54, 1.807) is 0 Å². The summed E-state index contributed by atoms with van der Waals surface area (Å²) >= 11 is 0. The Morgan fingerprint density at radius 2 is 1.31 bits per heavy atom. The minimum absolute atomic E-state index is 0.695. The van der Waals surface area contributed by atoms with E-state index in [9.17, 15) is 0 Å². The van der Waals surface area contributed by atoms with Gasteiger partial charge in [0.05, 0.1) is 0 Å². The monoisotopic (exact) mass is 200 g/mol. The minimum atomic E-state index is -2.16. The third-order valence-electron chi connectivity index (χ3n) is 1.54. The predicted molar refractivity (Wildman–Crippen MR) is 58.6 cm³/mol. The van der Waals surface area contributed by atoms with Gasteiger partial charge in [0, 0.05) is 13.2 Å². The molecule has 0 saturated carbocycles. The molecular formula is C10H20O2Si. The van der Waals surface area contributed by atoms with Crippen LogP contribution in [0.15, 0.2) is 23.6 Å². The molecule has 3 heteroatoms. The van der Waals surface area contributed by atoms with Crippen molar-refractivity contribution in [2.75, 3.05) is 13.2 Å². The van der Waals surface area contributed by atoms with Crippen molar-refractivity contribution in [3.63, 3.8) is 0 Å². The molecule has 76 valence electrons. The molecule has 0 N–H and O–H groups in total. The van der Waals surface area contributed by atoms with E-state index in [2.05, 4.69) is 11.4 Å². The van der Waals surface area contributed by atoms with E-state index in [1.807, 2.05) is 39.8 Å². The number of rotatable bonds is 6. The van der Waals surface area contributed by atoms with Crippen LogP contribution in [0, 0.1) is 0 Å². The van der Waals surface area contributed by atoms with Crippen molar-refractivity contribution in [2.24, 2.45) is 0 Å². The zero-order valence-corrected chi connectivity index (χ0v) is 10.0. The SMILES string of the molecule is C/C=C\[Si](/C=C\C)(OCC)OCC. The molecule has 0 aromatic rings. The quantitative estimate of drug-likeness (QED) is 0.614. The van der Waals surface area contributed by atoms with Gasteiger partial charge < -0.3 is 8.85 Å². The van der Waals surface area contributed by atoms with Crippen molar-refractivity contribution in [3.8, 4) is 0 Å². The van der Waals surface area contributed by atoms with E-state index < -0.39 is 8.56 Å². The van der Waals surface area contributed by atoms with E-state index in [0.29, 0.717) is 13.2 Å². The van der Waals surface area contributed by atoms with Crippen LogP contribution >= 0.6 is 0 Å². The molecule has 0 aliphatic carbocycles. The number of hydrogen-bond donors (Lipinski definition) is 0. The molecule has 0 bridgehead atoms. The van der Waals surface area contributed by atoms with Gasteiger partial charge in [0.25, 0.3) is 0 Å². The molecule has 0 atom stereocenters. The zero-order chi connectivity index (χ0) is 10.2. The van der Waals surface area contributed by atoms with Gasteiger partial charge in [0.2, 0.25) is 0 Å². The van der Waals surface area contributed by atoms with Crippen molar-refractivity contribution in [3.05, 3.63) is 23.6 Å². The maximum atomic E-state index is 5.69. The first kappa shape index (κ1) is 12.6. The first-order chi connectivity index (χ1) is 6.24. The molecule has 2 nitrogen and oxygen atoms in total. The second kappa shape index (κ2) is 7.06. The van der Waals surface area contributed by atoms with Crippen molar-refractivity contribution < 1.29 is 8.85 Å². The molecule has 0 spiro atoms. The molecular weight excluding hydrogens is 180 g/mol. The fourth-order valence-electron chi connectivity index (χ4n) is 1.21. The molecule has 0 aliphatic heterocycles. The number of hydrogen-bond acceptors (Lipinski definition) is 2. The molecule has 0 aromatic heterocycles. The summed E-state index contributed by atoms with van der Waals surface area (Å²) in [6.45, 7) is 9.36. The topological polar surface area (TPSA) is 18.5 Å². The maximum Gasteiger partial charge on any atom is 0.391 e. The molecule has 0 unspecified atom stereocenters. The van der Waals surface area contributed by atoms with Crippen LogP contribution < -0.4 is 0 Å². The summed E-state index contributed by atoms with van der Waals surface area (Å²) in [6.07, 6.45) is 4.00. The van der Waals surface area contributed by atoms with Crippen LogP contribution in [0.25, 0.3) is 0 Å². The van der Waals surface area contributed by atoms with Crippen molar-refractivity contribution in [2.45, 2.75) is 27.7 Å². The molecule has 0 fully saturated rings. The van der Waals surface area contributed by atoms with Gasteiger partial charge in [-0.2, -0.15) is 0 Å². The van der Waals surface area contributed by atoms with Crippen LogP contribution in [0.3, 0.4) is 0 Å². The van der Waals surface area contributed by atoms with Gasteiger partial charge in [0.1, 0.15) is 0 Å². The average molecular weight is 200 g/mol. The first-order valence-electron chi connectivity index (χ1n) is 4.80. The Hall–Kier alpha value is -0.383. The Labute approximate surface area is 82.5 Å². The highest BCUT2D eigenvalue weighted by atomic mass is 28.4. The summed E-state index contributed by atoms with van der Waals surface area (Å²) in [6, 6.07) is 0. The van der Waals surface area contributed by atoms with Gasteiger partial charge in [-0.15, -0.1) is 0 Å². The van der Waals surface area contributed by atoms with E-state index >= 15 is 0 Å². The highest BCUT2D eigenvalue weighted by Crippen LogP contribution is 2.11. The van der Waals surface area contributed by atoms with Crippen LogP contribution in [0.2, 0.25) is 0 Å². The smallest absolute Gasteiger partial charge is 0.389 e. The second-order valence-electron chi connectivity index (χ2n) is 2.59. The highest BCUT2D eigenvalue weighted by Gasteiger charge is 2.30. The normalized spacial score (nSPS) is 13.2. The van der Waals surface area contributed by atoms with Gasteiger partial charge in [-0.1, -0.05) is 12.2 Å². The maximum absolute atomic E-state index is 5.69. The average Bonchev–Trinajstić information content (AvgIpc) is 2.06. The molecule has 0 aliphatic rings. The first-order valence-corrected chi connectivity index (χ1v) is 6.77. The third kappa shape index (κ3) is 4.41. The van der Waals surface area contributed by atoms with Gasteiger partial charge in [-0.3, -0.25) is 0 Å². The van der Waals surface area contributed by atoms with E-state index in [1.165, 1.54) is 0 Å². The molecule has 0 heterocycles. The minimum Gasteiger partial charge on any atom is -0.389 e. The lowest BCUT2D eigenvalue weighted by Crippen LogP contribution is -2.38. The van der Waals surface area contributed by atoms with Crippen LogP contribution in [0.1, 0.15) is 27.7 Å². The number of allylic oxidation sites excluding steroid dienone is 2. The molecule has 0 aromatic carbocycles. The van der Waals surface area contributed by atoms with Gasteiger partial charge in [0.15, 0.2) is 0 Å². The Morgan fingerprint density at radius 1 is 0.923 bits per heavy atom. The van der Waals surface area contributed by atoms with E-state index in [4.69, 9.17) is 8.85 Å². The van der Waals surface area contributed by atoms with Crippen LogP contribution in [0.5, 0.6) is 0 Å². The summed E-state index contributed by atoms with van der Waals surface area (Å²) in [4.78, 5) is 0. The van der Waals surface area contributed by atoms with E-state index in [0.717, 1.165) is 0 Å². The van der Waals surface area contributed by atoms with Crippen molar-refractivity contribution in [1.82, 2.24) is 0 Å². The lowest BCUT2D eigenvalue weighted by Gasteiger charge is -2.23. The molecule has 0 saturated heterocycles. The summed E-state index contributed by atoms with van der Waals surface area (Å²) in [5.41, 5.74) is 4.11. The lowest BCUT2D eigenvalue weighted by molar-refractivity contribution is 0.206. The Balaban J connectivity index is 4.57. The van der Waals surface area contributed by atoms with Gasteiger partial charge in [-0.05, 0) is 39.1 Å². The standard InChI is InChI=1S/C10H20O2Si/c1-5-9-13(10-6-2,11-7-3)12-8-4/h5-6,9-10H,7-8H2,1-4H3/b9-5-,10-6-. The largest absolute Gasteiger partial charge is 0.391 e. The summed E-state index contributed by atoms with van der Waals surface area (Å²) in [5, 5.41) is 0. The van der Waals surface area contributed by atoms with Gasteiger partial charge >= 0.3 is 8.56 Å². The Kier molecular flexibility index (Phi) is 6.85. The van der Waals surface area contributed by atoms with Crippen molar-refractivity contribution in [1.29, 1.82) is 0 Å². The van der Waals surface area contributed by atoms with Crippen LogP contribution in [-0.4, -0.2) is 21.8 Å². The molecule has 0 amide bonds. The molecule has 0 rings (SSSR count). The van der Waals surface area contributed by atoms with E-state index in [-0.39, 0.29) is 0 Å². The van der Waals surface area contributed by atoms with Crippen molar-refractivity contribution >= 4 is 8.56 Å².